The molecule has 0 amide bonds. The van der Waals surface area contributed by atoms with Crippen LogP contribution in [0, 0.1) is 11.8 Å². The van der Waals surface area contributed by atoms with Gasteiger partial charge in [0.2, 0.25) is 11.1 Å². The molecule has 10 heteroatoms. The molecule has 0 unspecified atom stereocenters. The normalized spacial score (nSPS) is 19.1. The number of halogens is 1. The van der Waals surface area contributed by atoms with E-state index in [-0.39, 0.29) is 0 Å². The lowest BCUT2D eigenvalue weighted by Gasteiger charge is -2.41. The molecule has 170 valence electrons. The van der Waals surface area contributed by atoms with Crippen LogP contribution in [-0.2, 0) is 9.84 Å². The zero-order valence-electron chi connectivity index (χ0n) is 18.3. The maximum absolute atomic E-state index is 12.2. The number of sulfone groups is 1. The van der Waals surface area contributed by atoms with Crippen molar-refractivity contribution in [2.75, 3.05) is 61.2 Å². The van der Waals surface area contributed by atoms with Gasteiger partial charge in [0.1, 0.15) is 0 Å². The molecule has 2 saturated heterocycles. The summed E-state index contributed by atoms with van der Waals surface area (Å²) in [6.45, 7) is 3.80. The Morgan fingerprint density at radius 3 is 2.13 bits per heavy atom. The molecule has 4 rings (SSSR count). The average molecular weight is 484 g/mol. The van der Waals surface area contributed by atoms with Gasteiger partial charge in [0.25, 0.3) is 0 Å². The molecule has 3 heterocycles. The molecule has 2 fully saturated rings. The van der Waals surface area contributed by atoms with E-state index in [9.17, 15) is 8.42 Å². The zero-order valence-corrected chi connectivity index (χ0v) is 20.7. The molecule has 0 saturated carbocycles. The molecule has 0 atom stereocenters. The largest absolute Gasteiger partial charge is 0.370 e. The number of nitrogens with zero attached hydrogens (tertiary/aromatic N) is 5. The number of piperidine rings is 2. The van der Waals surface area contributed by atoms with E-state index >= 15 is 0 Å². The lowest BCUT2D eigenvalue weighted by Crippen LogP contribution is -2.41. The number of rotatable bonds is 5. The third kappa shape index (κ3) is 5.09. The fourth-order valence-corrected chi connectivity index (χ4v) is 6.58. The first-order chi connectivity index (χ1) is 14.7. The van der Waals surface area contributed by atoms with Crippen molar-refractivity contribution >= 4 is 49.7 Å². The maximum Gasteiger partial charge on any atom is 0.238 e. The Bertz CT molecular complexity index is 1010. The van der Waals surface area contributed by atoms with Gasteiger partial charge in [-0.1, -0.05) is 11.6 Å². The Hall–Kier alpha value is -1.58. The van der Waals surface area contributed by atoms with Crippen LogP contribution in [0.3, 0.4) is 0 Å². The number of aromatic nitrogens is 2. The van der Waals surface area contributed by atoms with Crippen LogP contribution in [0.5, 0.6) is 0 Å². The molecular formula is C21H30ClN5O2S2. The molecular weight excluding hydrogens is 454 g/mol. The Labute approximate surface area is 194 Å². The van der Waals surface area contributed by atoms with E-state index in [1.54, 1.807) is 18.2 Å². The molecule has 2 aromatic rings. The van der Waals surface area contributed by atoms with Gasteiger partial charge in [-0.2, -0.15) is 9.36 Å². The summed E-state index contributed by atoms with van der Waals surface area (Å²) in [4.78, 5) is 11.5. The minimum Gasteiger partial charge on any atom is -0.370 e. The molecule has 0 radical (unpaired) electrons. The van der Waals surface area contributed by atoms with Gasteiger partial charge in [-0.25, -0.2) is 8.42 Å². The highest BCUT2D eigenvalue weighted by Gasteiger charge is 2.31. The van der Waals surface area contributed by atoms with Crippen LogP contribution in [0.25, 0.3) is 0 Å². The molecule has 0 bridgehead atoms. The third-order valence-electron chi connectivity index (χ3n) is 6.48. The number of hydrogen-bond acceptors (Lipinski definition) is 8. The minimum absolute atomic E-state index is 0.373. The smallest absolute Gasteiger partial charge is 0.238 e. The second-order valence-electron chi connectivity index (χ2n) is 8.80. The van der Waals surface area contributed by atoms with E-state index in [0.29, 0.717) is 21.8 Å². The molecule has 31 heavy (non-hydrogen) atoms. The van der Waals surface area contributed by atoms with Crippen molar-refractivity contribution in [3.8, 4) is 0 Å². The van der Waals surface area contributed by atoms with Crippen molar-refractivity contribution in [2.24, 2.45) is 11.8 Å². The standard InChI is InChI=1S/C21H30ClN5O2S2/c1-25(2)20-23-21(30-24-20)27-12-8-16(9-13-27)15-6-10-26(11-7-15)18-14-17(22)4-5-19(18)31(3,28)29/h4-5,14-16H,6-13H2,1-3H3. The van der Waals surface area contributed by atoms with E-state index in [4.69, 9.17) is 11.6 Å². The molecule has 2 aliphatic rings. The second-order valence-corrected chi connectivity index (χ2v) is 12.0. The summed E-state index contributed by atoms with van der Waals surface area (Å²) >= 11 is 7.66. The fraction of sp³-hybridized carbons (Fsp3) is 0.619. The van der Waals surface area contributed by atoms with Crippen LogP contribution in [0.1, 0.15) is 25.7 Å². The summed E-state index contributed by atoms with van der Waals surface area (Å²) in [7, 11) is 0.641. The van der Waals surface area contributed by atoms with E-state index in [0.717, 1.165) is 55.8 Å². The summed E-state index contributed by atoms with van der Waals surface area (Å²) < 4.78 is 28.9. The van der Waals surface area contributed by atoms with Crippen LogP contribution in [-0.4, -0.2) is 64.3 Å². The number of benzene rings is 1. The zero-order chi connectivity index (χ0) is 22.2. The monoisotopic (exact) mass is 483 g/mol. The van der Waals surface area contributed by atoms with Crippen LogP contribution in [0.15, 0.2) is 23.1 Å². The number of hydrogen-bond donors (Lipinski definition) is 0. The van der Waals surface area contributed by atoms with Gasteiger partial charge in [-0.05, 0) is 55.7 Å². The molecule has 0 aliphatic carbocycles. The van der Waals surface area contributed by atoms with Gasteiger partial charge in [0, 0.05) is 63.1 Å². The van der Waals surface area contributed by atoms with Crippen LogP contribution < -0.4 is 14.7 Å². The van der Waals surface area contributed by atoms with Gasteiger partial charge < -0.3 is 14.7 Å². The topological polar surface area (TPSA) is 69.6 Å². The highest BCUT2D eigenvalue weighted by atomic mass is 35.5. The summed E-state index contributed by atoms with van der Waals surface area (Å²) in [5, 5.41) is 1.59. The Kier molecular flexibility index (Phi) is 6.65. The Balaban J connectivity index is 1.35. The fourth-order valence-electron chi connectivity index (χ4n) is 4.74. The first kappa shape index (κ1) is 22.6. The second kappa shape index (κ2) is 9.11. The van der Waals surface area contributed by atoms with E-state index in [1.165, 1.54) is 30.6 Å². The summed E-state index contributed by atoms with van der Waals surface area (Å²) in [5.41, 5.74) is 0.747. The predicted octanol–water partition coefficient (Wildman–Crippen LogP) is 3.79. The summed E-state index contributed by atoms with van der Waals surface area (Å²) in [6, 6.07) is 5.08. The van der Waals surface area contributed by atoms with Crippen molar-refractivity contribution in [1.82, 2.24) is 9.36 Å². The average Bonchev–Trinajstić information content (AvgIpc) is 3.24. The first-order valence-corrected chi connectivity index (χ1v) is 13.8. The first-order valence-electron chi connectivity index (χ1n) is 10.7. The Morgan fingerprint density at radius 1 is 1.03 bits per heavy atom. The summed E-state index contributed by atoms with van der Waals surface area (Å²) in [6.07, 6.45) is 5.79. The lowest BCUT2D eigenvalue weighted by atomic mass is 9.79. The van der Waals surface area contributed by atoms with Crippen molar-refractivity contribution in [3.05, 3.63) is 23.2 Å². The minimum atomic E-state index is -3.29. The van der Waals surface area contributed by atoms with Crippen molar-refractivity contribution in [2.45, 2.75) is 30.6 Å². The van der Waals surface area contributed by atoms with Crippen molar-refractivity contribution in [1.29, 1.82) is 0 Å². The van der Waals surface area contributed by atoms with Gasteiger partial charge in [0.15, 0.2) is 9.84 Å². The highest BCUT2D eigenvalue weighted by Crippen LogP contribution is 2.37. The summed E-state index contributed by atoms with van der Waals surface area (Å²) in [5.74, 6) is 2.18. The molecule has 2 aliphatic heterocycles. The molecule has 7 nitrogen and oxygen atoms in total. The quantitative estimate of drug-likeness (QED) is 0.640. The lowest BCUT2D eigenvalue weighted by molar-refractivity contribution is 0.233. The van der Waals surface area contributed by atoms with Gasteiger partial charge in [0.05, 0.1) is 10.6 Å². The van der Waals surface area contributed by atoms with Crippen LogP contribution in [0.4, 0.5) is 16.8 Å². The predicted molar refractivity (Wildman–Crippen MR) is 129 cm³/mol. The number of anilines is 3. The van der Waals surface area contributed by atoms with E-state index in [1.807, 2.05) is 19.0 Å². The van der Waals surface area contributed by atoms with Gasteiger partial charge in [-0.15, -0.1) is 0 Å². The van der Waals surface area contributed by atoms with Crippen molar-refractivity contribution in [3.63, 3.8) is 0 Å². The Morgan fingerprint density at radius 2 is 1.61 bits per heavy atom. The van der Waals surface area contributed by atoms with Gasteiger partial charge in [-0.3, -0.25) is 0 Å². The van der Waals surface area contributed by atoms with Crippen LogP contribution in [0.2, 0.25) is 5.02 Å². The third-order valence-corrected chi connectivity index (χ3v) is 8.63. The van der Waals surface area contributed by atoms with Crippen LogP contribution >= 0.6 is 23.1 Å². The molecule has 1 aromatic heterocycles. The molecule has 1 aromatic carbocycles. The molecule has 0 spiro atoms. The van der Waals surface area contributed by atoms with Gasteiger partial charge >= 0.3 is 0 Å². The maximum atomic E-state index is 12.2. The highest BCUT2D eigenvalue weighted by molar-refractivity contribution is 7.90. The molecule has 0 N–H and O–H groups in total. The SMILES string of the molecule is CN(C)c1nsc(N2CCC(C3CCN(c4cc(Cl)ccc4S(C)(=O)=O)CC3)CC2)n1. The van der Waals surface area contributed by atoms with E-state index in [2.05, 4.69) is 19.2 Å². The van der Waals surface area contributed by atoms with E-state index < -0.39 is 9.84 Å². The van der Waals surface area contributed by atoms with Crippen molar-refractivity contribution < 1.29 is 8.42 Å².